The molecule has 0 fully saturated rings. The minimum Gasteiger partial charge on any atom is -0.493 e. The Morgan fingerprint density at radius 1 is 1.26 bits per heavy atom. The molecule has 0 aliphatic heterocycles. The summed E-state index contributed by atoms with van der Waals surface area (Å²) in [6, 6.07) is 2.49. The van der Waals surface area contributed by atoms with Crippen LogP contribution in [-0.4, -0.2) is 38.1 Å². The van der Waals surface area contributed by atoms with E-state index in [0.717, 1.165) is 0 Å². The van der Waals surface area contributed by atoms with Gasteiger partial charge in [-0.1, -0.05) is 0 Å². The van der Waals surface area contributed by atoms with E-state index in [4.69, 9.17) is 14.2 Å². The molecule has 0 heterocycles. The van der Waals surface area contributed by atoms with Crippen molar-refractivity contribution in [3.05, 3.63) is 27.8 Å². The number of nitrogens with zero attached hydrogens (tertiary/aromatic N) is 1. The number of carbonyl (C=O) groups is 1. The topological polar surface area (TPSA) is 87.9 Å². The Bertz CT molecular complexity index is 485. The van der Waals surface area contributed by atoms with E-state index in [1.54, 1.807) is 0 Å². The summed E-state index contributed by atoms with van der Waals surface area (Å²) in [5.74, 6) is 0.0663. The number of nitro groups is 1. The minimum absolute atomic E-state index is 0.0130. The zero-order valence-corrected chi connectivity index (χ0v) is 11.0. The number of rotatable bonds is 7. The molecule has 0 aliphatic rings. The molecule has 0 aromatic heterocycles. The van der Waals surface area contributed by atoms with E-state index >= 15 is 0 Å². The highest BCUT2D eigenvalue weighted by molar-refractivity contribution is 5.98. The third-order valence-corrected chi connectivity index (χ3v) is 2.40. The zero-order chi connectivity index (χ0) is 14.4. The Hall–Kier alpha value is -2.15. The van der Waals surface area contributed by atoms with Gasteiger partial charge >= 0.3 is 0 Å². The maximum atomic E-state index is 11.4. The first-order valence-electron chi connectivity index (χ1n) is 5.50. The first-order valence-corrected chi connectivity index (χ1v) is 5.50. The molecule has 19 heavy (non-hydrogen) atoms. The first kappa shape index (κ1) is 14.9. The third kappa shape index (κ3) is 3.65. The van der Waals surface area contributed by atoms with Crippen LogP contribution in [0.2, 0.25) is 0 Å². The number of ether oxygens (including phenoxy) is 3. The van der Waals surface area contributed by atoms with E-state index in [-0.39, 0.29) is 29.4 Å². The lowest BCUT2D eigenvalue weighted by atomic mass is 10.1. The molecular weight excluding hydrogens is 254 g/mol. The second-order valence-corrected chi connectivity index (χ2v) is 3.67. The number of hydrogen-bond donors (Lipinski definition) is 0. The summed E-state index contributed by atoms with van der Waals surface area (Å²) in [6.07, 6.45) is 0. The summed E-state index contributed by atoms with van der Waals surface area (Å²) < 4.78 is 15.2. The van der Waals surface area contributed by atoms with Crippen LogP contribution in [0.3, 0.4) is 0 Å². The van der Waals surface area contributed by atoms with Crippen molar-refractivity contribution < 1.29 is 23.9 Å². The van der Waals surface area contributed by atoms with Gasteiger partial charge in [-0.05, 0) is 6.92 Å². The smallest absolute Gasteiger partial charge is 0.284 e. The van der Waals surface area contributed by atoms with E-state index in [0.29, 0.717) is 6.61 Å². The molecule has 0 aliphatic carbocycles. The Labute approximate surface area is 110 Å². The van der Waals surface area contributed by atoms with E-state index in [1.165, 1.54) is 33.3 Å². The second-order valence-electron chi connectivity index (χ2n) is 3.67. The number of ketones is 1. The summed E-state index contributed by atoms with van der Waals surface area (Å²) in [4.78, 5) is 21.7. The lowest BCUT2D eigenvalue weighted by Gasteiger charge is -2.11. The zero-order valence-electron chi connectivity index (χ0n) is 11.0. The molecule has 0 saturated carbocycles. The van der Waals surface area contributed by atoms with Crippen LogP contribution in [0, 0.1) is 10.1 Å². The fourth-order valence-electron chi connectivity index (χ4n) is 1.49. The van der Waals surface area contributed by atoms with Crippen molar-refractivity contribution >= 4 is 11.5 Å². The van der Waals surface area contributed by atoms with Crippen LogP contribution in [0.5, 0.6) is 11.5 Å². The normalized spacial score (nSPS) is 10.1. The van der Waals surface area contributed by atoms with Gasteiger partial charge in [-0.15, -0.1) is 0 Å². The molecule has 1 aromatic rings. The van der Waals surface area contributed by atoms with Gasteiger partial charge in [-0.25, -0.2) is 0 Å². The Morgan fingerprint density at radius 2 is 1.95 bits per heavy atom. The molecule has 0 bridgehead atoms. The van der Waals surface area contributed by atoms with Crippen molar-refractivity contribution in [2.45, 2.75) is 6.92 Å². The lowest BCUT2D eigenvalue weighted by molar-refractivity contribution is -0.385. The average molecular weight is 269 g/mol. The molecule has 0 atom stereocenters. The van der Waals surface area contributed by atoms with Crippen LogP contribution >= 0.6 is 0 Å². The van der Waals surface area contributed by atoms with Gasteiger partial charge in [0.15, 0.2) is 17.3 Å². The van der Waals surface area contributed by atoms with Crippen molar-refractivity contribution in [2.24, 2.45) is 0 Å². The van der Waals surface area contributed by atoms with E-state index in [9.17, 15) is 14.9 Å². The number of methoxy groups -OCH3 is 2. The third-order valence-electron chi connectivity index (χ3n) is 2.40. The SMILES string of the molecule is COCCOc1cc([N+](=O)[O-])c(C(C)=O)cc1OC. The monoisotopic (exact) mass is 269 g/mol. The highest BCUT2D eigenvalue weighted by atomic mass is 16.6. The maximum absolute atomic E-state index is 11.4. The molecule has 0 radical (unpaired) electrons. The molecule has 1 rings (SSSR count). The molecule has 0 saturated heterocycles. The standard InChI is InChI=1S/C12H15NO6/c1-8(14)9-6-11(18-3)12(19-5-4-17-2)7-10(9)13(15)16/h6-7H,4-5H2,1-3H3. The number of carbonyl (C=O) groups excluding carboxylic acids is 1. The van der Waals surface area contributed by atoms with Crippen LogP contribution in [0.15, 0.2) is 12.1 Å². The Balaban J connectivity index is 3.19. The van der Waals surface area contributed by atoms with Crippen molar-refractivity contribution in [3.8, 4) is 11.5 Å². The second kappa shape index (κ2) is 6.69. The summed E-state index contributed by atoms with van der Waals surface area (Å²) in [5, 5.41) is 10.9. The van der Waals surface area contributed by atoms with Crippen LogP contribution in [0.4, 0.5) is 5.69 Å². The van der Waals surface area contributed by atoms with Crippen LogP contribution in [0.25, 0.3) is 0 Å². The van der Waals surface area contributed by atoms with Gasteiger partial charge in [0, 0.05) is 13.2 Å². The molecular formula is C12H15NO6. The van der Waals surface area contributed by atoms with Crippen LogP contribution < -0.4 is 9.47 Å². The molecule has 104 valence electrons. The summed E-state index contributed by atoms with van der Waals surface area (Å²) >= 11 is 0. The largest absolute Gasteiger partial charge is 0.493 e. The first-order chi connectivity index (χ1) is 9.01. The van der Waals surface area contributed by atoms with Gasteiger partial charge in [0.1, 0.15) is 6.61 Å². The van der Waals surface area contributed by atoms with E-state index in [1.807, 2.05) is 0 Å². The number of benzene rings is 1. The van der Waals surface area contributed by atoms with E-state index in [2.05, 4.69) is 0 Å². The molecule has 7 heteroatoms. The van der Waals surface area contributed by atoms with Crippen molar-refractivity contribution in [3.63, 3.8) is 0 Å². The predicted molar refractivity (Wildman–Crippen MR) is 67.0 cm³/mol. The van der Waals surface area contributed by atoms with Gasteiger partial charge < -0.3 is 14.2 Å². The lowest BCUT2D eigenvalue weighted by Crippen LogP contribution is -2.07. The quantitative estimate of drug-likeness (QED) is 0.325. The minimum atomic E-state index is -0.626. The predicted octanol–water partition coefficient (Wildman–Crippen LogP) is 1.83. The summed E-state index contributed by atoms with van der Waals surface area (Å²) in [7, 11) is 2.91. The average Bonchev–Trinajstić information content (AvgIpc) is 2.38. The molecule has 0 unspecified atom stereocenters. The fraction of sp³-hybridized carbons (Fsp3) is 0.417. The maximum Gasteiger partial charge on any atom is 0.284 e. The van der Waals surface area contributed by atoms with Gasteiger partial charge in [0.2, 0.25) is 0 Å². The summed E-state index contributed by atoms with van der Waals surface area (Å²) in [5.41, 5.74) is -0.318. The molecule has 7 nitrogen and oxygen atoms in total. The van der Waals surface area contributed by atoms with Gasteiger partial charge in [0.25, 0.3) is 5.69 Å². The fourth-order valence-corrected chi connectivity index (χ4v) is 1.49. The van der Waals surface area contributed by atoms with Crippen molar-refractivity contribution in [2.75, 3.05) is 27.4 Å². The van der Waals surface area contributed by atoms with Gasteiger partial charge in [0.05, 0.1) is 30.3 Å². The number of hydrogen-bond acceptors (Lipinski definition) is 6. The molecule has 0 spiro atoms. The highest BCUT2D eigenvalue weighted by Crippen LogP contribution is 2.34. The Kier molecular flexibility index (Phi) is 5.25. The number of nitro benzene ring substituents is 1. The van der Waals surface area contributed by atoms with Crippen LogP contribution in [0.1, 0.15) is 17.3 Å². The summed E-state index contributed by atoms with van der Waals surface area (Å²) in [6.45, 7) is 1.82. The molecule has 0 N–H and O–H groups in total. The Morgan fingerprint density at radius 3 is 2.42 bits per heavy atom. The van der Waals surface area contributed by atoms with Gasteiger partial charge in [-0.3, -0.25) is 14.9 Å². The molecule has 1 aromatic carbocycles. The van der Waals surface area contributed by atoms with Crippen molar-refractivity contribution in [1.29, 1.82) is 0 Å². The van der Waals surface area contributed by atoms with Crippen LogP contribution in [-0.2, 0) is 4.74 Å². The molecule has 0 amide bonds. The van der Waals surface area contributed by atoms with Gasteiger partial charge in [-0.2, -0.15) is 0 Å². The number of Topliss-reactive ketones (excluding diaryl/α,β-unsaturated/α-hetero) is 1. The highest BCUT2D eigenvalue weighted by Gasteiger charge is 2.22. The van der Waals surface area contributed by atoms with E-state index < -0.39 is 10.7 Å². The van der Waals surface area contributed by atoms with Crippen molar-refractivity contribution in [1.82, 2.24) is 0 Å².